The molecule has 2 N–H and O–H groups in total. The molecule has 2 amide bonds. The highest BCUT2D eigenvalue weighted by atomic mass is 35.5. The highest BCUT2D eigenvalue weighted by molar-refractivity contribution is 6.30. The molecule has 0 spiro atoms. The van der Waals surface area contributed by atoms with E-state index in [0.29, 0.717) is 12.6 Å². The number of rotatable bonds is 5. The van der Waals surface area contributed by atoms with Crippen molar-refractivity contribution in [2.24, 2.45) is 0 Å². The highest BCUT2D eigenvalue weighted by Gasteiger charge is 2.34. The summed E-state index contributed by atoms with van der Waals surface area (Å²) in [6, 6.07) is 8.23. The highest BCUT2D eigenvalue weighted by Crippen LogP contribution is 2.27. The first-order chi connectivity index (χ1) is 10.7. The maximum atomic E-state index is 12.3. The lowest BCUT2D eigenvalue weighted by Gasteiger charge is -2.24. The van der Waals surface area contributed by atoms with Crippen LogP contribution in [0.15, 0.2) is 24.3 Å². The molecular weight excluding hydrogens is 302 g/mol. The average Bonchev–Trinajstić information content (AvgIpc) is 3.25. The third-order valence-electron chi connectivity index (χ3n) is 4.30. The van der Waals surface area contributed by atoms with E-state index in [1.165, 1.54) is 0 Å². The van der Waals surface area contributed by atoms with Gasteiger partial charge in [-0.2, -0.15) is 0 Å². The zero-order valence-corrected chi connectivity index (χ0v) is 13.3. The fraction of sp³-hybridized carbons (Fsp3) is 0.562. The van der Waals surface area contributed by atoms with E-state index in [-0.39, 0.29) is 18.7 Å². The lowest BCUT2D eigenvalue weighted by Crippen LogP contribution is -2.47. The normalized spacial score (nSPS) is 21.0. The molecule has 120 valence electrons. The molecule has 2 fully saturated rings. The minimum Gasteiger partial charge on any atom is -0.395 e. The van der Waals surface area contributed by atoms with Gasteiger partial charge in [0.15, 0.2) is 0 Å². The van der Waals surface area contributed by atoms with Gasteiger partial charge in [-0.25, -0.2) is 4.79 Å². The molecule has 5 nitrogen and oxygen atoms in total. The molecule has 3 rings (SSSR count). The first-order valence-electron chi connectivity index (χ1n) is 7.86. The summed E-state index contributed by atoms with van der Waals surface area (Å²) < 4.78 is 0. The molecule has 22 heavy (non-hydrogen) atoms. The molecule has 1 heterocycles. The van der Waals surface area contributed by atoms with Crippen LogP contribution in [0.1, 0.15) is 19.3 Å². The van der Waals surface area contributed by atoms with Crippen molar-refractivity contribution in [3.05, 3.63) is 29.3 Å². The van der Waals surface area contributed by atoms with Crippen molar-refractivity contribution in [2.45, 2.75) is 31.3 Å². The Morgan fingerprint density at radius 2 is 2.05 bits per heavy atom. The first kappa shape index (κ1) is 15.4. The smallest absolute Gasteiger partial charge is 0.318 e. The van der Waals surface area contributed by atoms with Crippen LogP contribution in [0, 0.1) is 0 Å². The van der Waals surface area contributed by atoms with Crippen LogP contribution in [-0.4, -0.2) is 54.4 Å². The Kier molecular flexibility index (Phi) is 4.74. The van der Waals surface area contributed by atoms with Gasteiger partial charge in [0.25, 0.3) is 0 Å². The van der Waals surface area contributed by atoms with E-state index in [2.05, 4.69) is 10.2 Å². The van der Waals surface area contributed by atoms with E-state index in [1.54, 1.807) is 4.90 Å². The van der Waals surface area contributed by atoms with Gasteiger partial charge in [-0.15, -0.1) is 0 Å². The van der Waals surface area contributed by atoms with E-state index < -0.39 is 0 Å². The Bertz CT molecular complexity index is 519. The lowest BCUT2D eigenvalue weighted by molar-refractivity contribution is 0.171. The number of aliphatic hydroxyl groups is 1. The molecular formula is C16H22ClN3O2. The van der Waals surface area contributed by atoms with Gasteiger partial charge in [-0.05, 0) is 43.5 Å². The molecule has 1 unspecified atom stereocenters. The zero-order chi connectivity index (χ0) is 15.5. The summed E-state index contributed by atoms with van der Waals surface area (Å²) in [5.41, 5.74) is 1.13. The van der Waals surface area contributed by atoms with Gasteiger partial charge in [0.2, 0.25) is 0 Å². The summed E-state index contributed by atoms with van der Waals surface area (Å²) in [5.74, 6) is 0. The number of anilines is 1. The Morgan fingerprint density at radius 3 is 2.68 bits per heavy atom. The molecule has 0 radical (unpaired) electrons. The van der Waals surface area contributed by atoms with Crippen molar-refractivity contribution >= 4 is 23.3 Å². The fourth-order valence-electron chi connectivity index (χ4n) is 2.97. The predicted octanol–water partition coefficient (Wildman–Crippen LogP) is 2.08. The van der Waals surface area contributed by atoms with Gasteiger partial charge in [0.1, 0.15) is 0 Å². The van der Waals surface area contributed by atoms with Gasteiger partial charge in [0, 0.05) is 42.4 Å². The van der Waals surface area contributed by atoms with Crippen molar-refractivity contribution in [3.63, 3.8) is 0 Å². The van der Waals surface area contributed by atoms with Gasteiger partial charge in [-0.3, -0.25) is 0 Å². The molecule has 1 aliphatic heterocycles. The Morgan fingerprint density at radius 1 is 1.32 bits per heavy atom. The average molecular weight is 324 g/mol. The van der Waals surface area contributed by atoms with E-state index in [1.807, 2.05) is 24.3 Å². The monoisotopic (exact) mass is 323 g/mol. The van der Waals surface area contributed by atoms with E-state index >= 15 is 0 Å². The number of hydrogen-bond acceptors (Lipinski definition) is 3. The van der Waals surface area contributed by atoms with Crippen LogP contribution >= 0.6 is 11.6 Å². The summed E-state index contributed by atoms with van der Waals surface area (Å²) in [6.45, 7) is 2.18. The molecule has 0 bridgehead atoms. The van der Waals surface area contributed by atoms with E-state index in [9.17, 15) is 4.79 Å². The standard InChI is InChI=1S/C16H22ClN3O2/c17-12-1-3-14(4-2-12)19-8-7-13(11-19)18-16(22)20(9-10-21)15-5-6-15/h1-4,13,15,21H,5-11H2,(H,18,22). The molecule has 1 aromatic rings. The summed E-state index contributed by atoms with van der Waals surface area (Å²) in [4.78, 5) is 16.4. The largest absolute Gasteiger partial charge is 0.395 e. The van der Waals surface area contributed by atoms with Crippen molar-refractivity contribution in [3.8, 4) is 0 Å². The summed E-state index contributed by atoms with van der Waals surface area (Å²) >= 11 is 5.91. The number of benzene rings is 1. The van der Waals surface area contributed by atoms with Crippen molar-refractivity contribution in [2.75, 3.05) is 31.1 Å². The second-order valence-electron chi connectivity index (χ2n) is 6.01. The zero-order valence-electron chi connectivity index (χ0n) is 12.5. The van der Waals surface area contributed by atoms with E-state index in [0.717, 1.165) is 43.1 Å². The van der Waals surface area contributed by atoms with Crippen LogP contribution in [0.5, 0.6) is 0 Å². The molecule has 1 saturated heterocycles. The number of nitrogens with zero attached hydrogens (tertiary/aromatic N) is 2. The number of carbonyl (C=O) groups excluding carboxylic acids is 1. The molecule has 1 aromatic carbocycles. The van der Waals surface area contributed by atoms with Crippen LogP contribution in [0.3, 0.4) is 0 Å². The van der Waals surface area contributed by atoms with Gasteiger partial charge < -0.3 is 20.2 Å². The molecule has 2 aliphatic rings. The van der Waals surface area contributed by atoms with Crippen LogP contribution in [0.2, 0.25) is 5.02 Å². The van der Waals surface area contributed by atoms with E-state index in [4.69, 9.17) is 16.7 Å². The SMILES string of the molecule is O=C(NC1CCN(c2ccc(Cl)cc2)C1)N(CCO)C1CC1. The predicted molar refractivity (Wildman–Crippen MR) is 87.4 cm³/mol. The van der Waals surface area contributed by atoms with Gasteiger partial charge in [0.05, 0.1) is 6.61 Å². The number of hydrogen-bond donors (Lipinski definition) is 2. The van der Waals surface area contributed by atoms with Crippen molar-refractivity contribution in [1.82, 2.24) is 10.2 Å². The van der Waals surface area contributed by atoms with Crippen LogP contribution in [0.25, 0.3) is 0 Å². The third-order valence-corrected chi connectivity index (χ3v) is 4.55. The van der Waals surface area contributed by atoms with Crippen LogP contribution in [-0.2, 0) is 0 Å². The minimum atomic E-state index is -0.0421. The molecule has 1 atom stereocenters. The number of amides is 2. The lowest BCUT2D eigenvalue weighted by atomic mass is 10.2. The second-order valence-corrected chi connectivity index (χ2v) is 6.44. The molecule has 0 aromatic heterocycles. The molecule has 6 heteroatoms. The Labute approximate surface area is 135 Å². The molecule has 1 aliphatic carbocycles. The van der Waals surface area contributed by atoms with Gasteiger partial charge in [-0.1, -0.05) is 11.6 Å². The Balaban J connectivity index is 1.54. The maximum Gasteiger partial charge on any atom is 0.318 e. The third kappa shape index (κ3) is 3.65. The first-order valence-corrected chi connectivity index (χ1v) is 8.23. The maximum absolute atomic E-state index is 12.3. The van der Waals surface area contributed by atoms with Crippen LogP contribution in [0.4, 0.5) is 10.5 Å². The van der Waals surface area contributed by atoms with Crippen molar-refractivity contribution in [1.29, 1.82) is 0 Å². The van der Waals surface area contributed by atoms with Gasteiger partial charge >= 0.3 is 6.03 Å². The van der Waals surface area contributed by atoms with Crippen molar-refractivity contribution < 1.29 is 9.90 Å². The number of aliphatic hydroxyl groups excluding tert-OH is 1. The number of nitrogens with one attached hydrogen (secondary N) is 1. The number of halogens is 1. The number of carbonyl (C=O) groups is 1. The summed E-state index contributed by atoms with van der Waals surface area (Å²) in [7, 11) is 0. The Hall–Kier alpha value is -1.46. The topological polar surface area (TPSA) is 55.8 Å². The second kappa shape index (κ2) is 6.75. The number of urea groups is 1. The summed E-state index contributed by atoms with van der Waals surface area (Å²) in [5, 5.41) is 12.9. The summed E-state index contributed by atoms with van der Waals surface area (Å²) in [6.07, 6.45) is 3.04. The fourth-order valence-corrected chi connectivity index (χ4v) is 3.09. The van der Waals surface area contributed by atoms with Crippen LogP contribution < -0.4 is 10.2 Å². The molecule has 1 saturated carbocycles. The quantitative estimate of drug-likeness (QED) is 0.872. The minimum absolute atomic E-state index is 0.0193.